The molecule has 5 heterocycles. The summed E-state index contributed by atoms with van der Waals surface area (Å²) < 4.78 is 2.01. The van der Waals surface area contributed by atoms with Crippen LogP contribution in [-0.4, -0.2) is 75.5 Å². The number of hydrogen-bond acceptors (Lipinski definition) is 7. The van der Waals surface area contributed by atoms with E-state index in [1.165, 1.54) is 0 Å². The van der Waals surface area contributed by atoms with Crippen molar-refractivity contribution in [3.05, 3.63) is 47.5 Å². The zero-order chi connectivity index (χ0) is 24.9. The molecule has 10 heteroatoms. The van der Waals surface area contributed by atoms with E-state index in [1.54, 1.807) is 6.20 Å². The number of nitrogens with one attached hydrogen (secondary N) is 1. The quantitative estimate of drug-likeness (QED) is 0.581. The molecule has 0 radical (unpaired) electrons. The van der Waals surface area contributed by atoms with Crippen molar-refractivity contribution in [1.29, 1.82) is 0 Å². The number of amides is 1. The summed E-state index contributed by atoms with van der Waals surface area (Å²) in [5.74, 6) is 1.27. The molecule has 1 N–H and O–H groups in total. The SMILES string of the molecule is C[C@@H]1CN(c2ncc(Cl)c(N3CC(C(=O)NC(C)(C)c4cnc5ccccn45)C3)n2)C[C@H](C)N1C. The van der Waals surface area contributed by atoms with Crippen molar-refractivity contribution in [2.75, 3.05) is 43.0 Å². The number of nitrogens with zero attached hydrogens (tertiary/aromatic N) is 7. The van der Waals surface area contributed by atoms with E-state index >= 15 is 0 Å². The van der Waals surface area contributed by atoms with Crippen LogP contribution < -0.4 is 15.1 Å². The van der Waals surface area contributed by atoms with Gasteiger partial charge in [-0.1, -0.05) is 17.7 Å². The van der Waals surface area contributed by atoms with Gasteiger partial charge in [0, 0.05) is 44.5 Å². The molecule has 0 unspecified atom stereocenters. The average Bonchev–Trinajstić information content (AvgIpc) is 3.22. The van der Waals surface area contributed by atoms with Crippen molar-refractivity contribution >= 4 is 34.9 Å². The average molecular weight is 497 g/mol. The van der Waals surface area contributed by atoms with Gasteiger partial charge in [0.15, 0.2) is 5.82 Å². The maximum Gasteiger partial charge on any atom is 0.227 e. The Balaban J connectivity index is 1.25. The maximum atomic E-state index is 13.1. The second-order valence-corrected chi connectivity index (χ2v) is 10.8. The molecule has 2 atom stereocenters. The van der Waals surface area contributed by atoms with Crippen LogP contribution in [0.25, 0.3) is 5.65 Å². The maximum absolute atomic E-state index is 13.1. The lowest BCUT2D eigenvalue weighted by atomic mass is 9.95. The zero-order valence-corrected chi connectivity index (χ0v) is 21.7. The van der Waals surface area contributed by atoms with Gasteiger partial charge in [0.1, 0.15) is 10.7 Å². The Kier molecular flexibility index (Phi) is 6.09. The van der Waals surface area contributed by atoms with Crippen LogP contribution in [0.4, 0.5) is 11.8 Å². The van der Waals surface area contributed by atoms with E-state index in [1.807, 2.05) is 48.8 Å². The number of aromatic nitrogens is 4. The Hall–Kier alpha value is -2.91. The molecule has 0 saturated carbocycles. The van der Waals surface area contributed by atoms with Crippen LogP contribution >= 0.6 is 11.6 Å². The van der Waals surface area contributed by atoms with Crippen molar-refractivity contribution < 1.29 is 4.79 Å². The van der Waals surface area contributed by atoms with Crippen molar-refractivity contribution in [2.24, 2.45) is 5.92 Å². The second kappa shape index (κ2) is 8.95. The van der Waals surface area contributed by atoms with Crippen molar-refractivity contribution in [1.82, 2.24) is 29.6 Å². The van der Waals surface area contributed by atoms with Gasteiger partial charge in [-0.3, -0.25) is 9.69 Å². The van der Waals surface area contributed by atoms with Gasteiger partial charge in [0.25, 0.3) is 0 Å². The number of hydrogen-bond donors (Lipinski definition) is 1. The second-order valence-electron chi connectivity index (χ2n) is 10.4. The number of carbonyl (C=O) groups is 1. The predicted molar refractivity (Wildman–Crippen MR) is 138 cm³/mol. The molecule has 3 aromatic heterocycles. The Morgan fingerprint density at radius 3 is 2.49 bits per heavy atom. The normalized spacial score (nSPS) is 21.9. The van der Waals surface area contributed by atoms with Gasteiger partial charge in [-0.2, -0.15) is 4.98 Å². The third-order valence-corrected chi connectivity index (χ3v) is 7.67. The van der Waals surface area contributed by atoms with Crippen molar-refractivity contribution in [3.8, 4) is 0 Å². The molecule has 5 rings (SSSR count). The number of piperazine rings is 1. The summed E-state index contributed by atoms with van der Waals surface area (Å²) in [6.45, 7) is 11.3. The molecular weight excluding hydrogens is 464 g/mol. The van der Waals surface area contributed by atoms with Crippen LogP contribution in [0, 0.1) is 5.92 Å². The number of halogens is 1. The standard InChI is InChI=1S/C25H33ClN8O/c1-16-12-33(13-17(2)31(16)5)24-28-10-19(26)22(29-24)32-14-18(15-32)23(35)30-25(3,4)20-11-27-21-8-6-7-9-34(20)21/h6-11,16-18H,12-15H2,1-5H3,(H,30,35)/t16-,17+. The molecule has 0 bridgehead atoms. The molecule has 3 aromatic rings. The summed E-state index contributed by atoms with van der Waals surface area (Å²) in [5.41, 5.74) is 1.24. The van der Waals surface area contributed by atoms with E-state index in [9.17, 15) is 4.79 Å². The molecule has 2 saturated heterocycles. The first kappa shape index (κ1) is 23.8. The lowest BCUT2D eigenvalue weighted by molar-refractivity contribution is -0.127. The summed E-state index contributed by atoms with van der Waals surface area (Å²) in [7, 11) is 2.16. The van der Waals surface area contributed by atoms with Gasteiger partial charge in [-0.25, -0.2) is 9.97 Å². The van der Waals surface area contributed by atoms with Crippen LogP contribution in [-0.2, 0) is 10.3 Å². The molecule has 0 spiro atoms. The van der Waals surface area contributed by atoms with Crippen molar-refractivity contribution in [2.45, 2.75) is 45.3 Å². The van der Waals surface area contributed by atoms with Crippen LogP contribution in [0.5, 0.6) is 0 Å². The minimum absolute atomic E-state index is 0.0178. The number of anilines is 2. The summed E-state index contributed by atoms with van der Waals surface area (Å²) in [6, 6.07) is 6.69. The Labute approximate surface area is 211 Å². The first-order chi connectivity index (χ1) is 16.6. The fraction of sp³-hybridized carbons (Fsp3) is 0.520. The van der Waals surface area contributed by atoms with E-state index in [2.05, 4.69) is 50.9 Å². The summed E-state index contributed by atoms with van der Waals surface area (Å²) in [6.07, 6.45) is 5.46. The number of likely N-dealkylation sites (N-methyl/N-ethyl adjacent to an activating group) is 1. The summed E-state index contributed by atoms with van der Waals surface area (Å²) >= 11 is 6.48. The largest absolute Gasteiger partial charge is 0.353 e. The lowest BCUT2D eigenvalue weighted by Crippen LogP contribution is -2.57. The molecule has 1 amide bonds. The number of fused-ring (bicyclic) bond motifs is 1. The van der Waals surface area contributed by atoms with E-state index in [-0.39, 0.29) is 11.8 Å². The highest BCUT2D eigenvalue weighted by Crippen LogP contribution is 2.32. The number of rotatable bonds is 5. The number of pyridine rings is 1. The molecular formula is C25H33ClN8O. The summed E-state index contributed by atoms with van der Waals surface area (Å²) in [4.78, 5) is 33.5. The van der Waals surface area contributed by atoms with Gasteiger partial charge in [0.2, 0.25) is 11.9 Å². The third kappa shape index (κ3) is 4.43. The fourth-order valence-electron chi connectivity index (χ4n) is 4.98. The number of carbonyl (C=O) groups excluding carboxylic acids is 1. The van der Waals surface area contributed by atoms with Crippen LogP contribution in [0.1, 0.15) is 33.4 Å². The lowest BCUT2D eigenvalue weighted by Gasteiger charge is -2.43. The zero-order valence-electron chi connectivity index (χ0n) is 20.9. The monoisotopic (exact) mass is 496 g/mol. The topological polar surface area (TPSA) is 81.9 Å². The van der Waals surface area contributed by atoms with Gasteiger partial charge in [0.05, 0.1) is 29.5 Å². The van der Waals surface area contributed by atoms with E-state index in [0.29, 0.717) is 42.0 Å². The Morgan fingerprint density at radius 2 is 1.77 bits per heavy atom. The van der Waals surface area contributed by atoms with E-state index in [0.717, 1.165) is 24.4 Å². The highest BCUT2D eigenvalue weighted by atomic mass is 35.5. The van der Waals surface area contributed by atoms with Gasteiger partial charge >= 0.3 is 0 Å². The smallest absolute Gasteiger partial charge is 0.227 e. The van der Waals surface area contributed by atoms with Gasteiger partial charge in [-0.05, 0) is 46.9 Å². The first-order valence-corrected chi connectivity index (χ1v) is 12.5. The molecule has 2 aliphatic heterocycles. The van der Waals surface area contributed by atoms with Crippen LogP contribution in [0.2, 0.25) is 5.02 Å². The molecule has 2 fully saturated rings. The minimum atomic E-state index is -0.563. The molecule has 186 valence electrons. The highest BCUT2D eigenvalue weighted by molar-refractivity contribution is 6.32. The van der Waals surface area contributed by atoms with Crippen LogP contribution in [0.15, 0.2) is 36.8 Å². The fourth-order valence-corrected chi connectivity index (χ4v) is 5.19. The highest BCUT2D eigenvalue weighted by Gasteiger charge is 2.38. The number of imidazole rings is 1. The molecule has 0 aliphatic carbocycles. The Morgan fingerprint density at radius 1 is 1.06 bits per heavy atom. The van der Waals surface area contributed by atoms with Gasteiger partial charge in [-0.15, -0.1) is 0 Å². The molecule has 0 aromatic carbocycles. The summed E-state index contributed by atoms with van der Waals surface area (Å²) in [5, 5.41) is 3.72. The first-order valence-electron chi connectivity index (χ1n) is 12.1. The molecule has 9 nitrogen and oxygen atoms in total. The predicted octanol–water partition coefficient (Wildman–Crippen LogP) is 2.79. The van der Waals surface area contributed by atoms with E-state index in [4.69, 9.17) is 16.6 Å². The van der Waals surface area contributed by atoms with Crippen LogP contribution in [0.3, 0.4) is 0 Å². The van der Waals surface area contributed by atoms with Gasteiger partial charge < -0.3 is 19.5 Å². The van der Waals surface area contributed by atoms with E-state index < -0.39 is 5.54 Å². The minimum Gasteiger partial charge on any atom is -0.353 e. The molecule has 35 heavy (non-hydrogen) atoms. The third-order valence-electron chi connectivity index (χ3n) is 7.40. The molecule has 2 aliphatic rings. The van der Waals surface area contributed by atoms with Crippen molar-refractivity contribution in [3.63, 3.8) is 0 Å². The Bertz CT molecular complexity index is 1230.